The van der Waals surface area contributed by atoms with Gasteiger partial charge in [-0.1, -0.05) is 13.8 Å². The number of tetrazole rings is 1. The van der Waals surface area contributed by atoms with E-state index in [0.717, 1.165) is 25.3 Å². The van der Waals surface area contributed by atoms with E-state index in [0.29, 0.717) is 6.04 Å². The van der Waals surface area contributed by atoms with Gasteiger partial charge in [-0.05, 0) is 39.2 Å². The third kappa shape index (κ3) is 3.26. The Balaban J connectivity index is 2.81. The Labute approximate surface area is 110 Å². The number of nitrogens with zero attached hydrogens (tertiary/aromatic N) is 5. The van der Waals surface area contributed by atoms with Crippen molar-refractivity contribution in [2.24, 2.45) is 7.05 Å². The van der Waals surface area contributed by atoms with Gasteiger partial charge in [0.25, 0.3) is 0 Å². The lowest BCUT2D eigenvalue weighted by Gasteiger charge is -2.43. The van der Waals surface area contributed by atoms with Crippen molar-refractivity contribution in [3.63, 3.8) is 0 Å². The van der Waals surface area contributed by atoms with Gasteiger partial charge in [0.05, 0.1) is 7.05 Å². The largest absolute Gasteiger partial charge is 0.315 e. The van der Waals surface area contributed by atoms with Crippen LogP contribution in [0.15, 0.2) is 0 Å². The molecule has 1 atom stereocenters. The van der Waals surface area contributed by atoms with E-state index in [-0.39, 0.29) is 5.54 Å². The van der Waals surface area contributed by atoms with E-state index >= 15 is 0 Å². The van der Waals surface area contributed by atoms with Crippen LogP contribution < -0.4 is 5.32 Å². The van der Waals surface area contributed by atoms with Crippen molar-refractivity contribution in [2.75, 3.05) is 20.1 Å². The first-order chi connectivity index (χ1) is 8.45. The van der Waals surface area contributed by atoms with Crippen LogP contribution in [0.5, 0.6) is 0 Å². The molecule has 1 rings (SSSR count). The van der Waals surface area contributed by atoms with Gasteiger partial charge in [-0.3, -0.25) is 4.90 Å². The van der Waals surface area contributed by atoms with Crippen LogP contribution >= 0.6 is 0 Å². The Kier molecular flexibility index (Phi) is 5.22. The molecular formula is C12H26N6. The number of nitrogens with one attached hydrogen (secondary N) is 1. The number of aromatic nitrogens is 4. The molecule has 0 aliphatic carbocycles. The van der Waals surface area contributed by atoms with Crippen LogP contribution in [0, 0.1) is 0 Å². The third-order valence-corrected chi connectivity index (χ3v) is 3.72. The highest BCUT2D eigenvalue weighted by Crippen LogP contribution is 2.20. The summed E-state index contributed by atoms with van der Waals surface area (Å²) >= 11 is 0. The zero-order chi connectivity index (χ0) is 13.8. The smallest absolute Gasteiger partial charge is 0.176 e. The Bertz CT molecular complexity index is 355. The van der Waals surface area contributed by atoms with Gasteiger partial charge >= 0.3 is 0 Å². The van der Waals surface area contributed by atoms with Crippen LogP contribution in [0.25, 0.3) is 0 Å². The van der Waals surface area contributed by atoms with Crippen molar-refractivity contribution in [3.8, 4) is 0 Å². The number of aryl methyl sites for hydroxylation is 1. The molecule has 0 fully saturated rings. The van der Waals surface area contributed by atoms with Crippen LogP contribution in [0.2, 0.25) is 0 Å². The van der Waals surface area contributed by atoms with Gasteiger partial charge in [0.1, 0.15) is 0 Å². The number of hydrogen-bond acceptors (Lipinski definition) is 5. The Morgan fingerprint density at radius 1 is 1.33 bits per heavy atom. The minimum atomic E-state index is 0.0530. The number of rotatable bonds is 7. The van der Waals surface area contributed by atoms with Gasteiger partial charge in [0.15, 0.2) is 5.82 Å². The van der Waals surface area contributed by atoms with E-state index in [1.54, 1.807) is 7.05 Å². The van der Waals surface area contributed by atoms with Gasteiger partial charge in [-0.15, -0.1) is 10.2 Å². The van der Waals surface area contributed by atoms with Crippen molar-refractivity contribution in [2.45, 2.75) is 45.7 Å². The van der Waals surface area contributed by atoms with Crippen molar-refractivity contribution in [3.05, 3.63) is 5.82 Å². The lowest BCUT2D eigenvalue weighted by molar-refractivity contribution is 0.0935. The minimum Gasteiger partial charge on any atom is -0.315 e. The summed E-state index contributed by atoms with van der Waals surface area (Å²) < 4.78 is 0. The van der Waals surface area contributed by atoms with Crippen LogP contribution in [0.3, 0.4) is 0 Å². The maximum absolute atomic E-state index is 4.26. The molecule has 1 aromatic rings. The van der Waals surface area contributed by atoms with Crippen LogP contribution in [-0.4, -0.2) is 56.8 Å². The van der Waals surface area contributed by atoms with Gasteiger partial charge < -0.3 is 5.32 Å². The predicted molar refractivity (Wildman–Crippen MR) is 72.3 cm³/mol. The maximum Gasteiger partial charge on any atom is 0.176 e. The van der Waals surface area contributed by atoms with Gasteiger partial charge in [-0.2, -0.15) is 4.80 Å². The van der Waals surface area contributed by atoms with E-state index in [9.17, 15) is 0 Å². The topological polar surface area (TPSA) is 58.9 Å². The van der Waals surface area contributed by atoms with Gasteiger partial charge in [0.2, 0.25) is 0 Å². The molecule has 0 amide bonds. The Hall–Kier alpha value is -1.01. The Morgan fingerprint density at radius 3 is 2.33 bits per heavy atom. The van der Waals surface area contributed by atoms with Crippen molar-refractivity contribution in [1.82, 2.24) is 30.4 Å². The average molecular weight is 254 g/mol. The van der Waals surface area contributed by atoms with E-state index in [2.05, 4.69) is 53.3 Å². The van der Waals surface area contributed by atoms with Gasteiger partial charge in [0, 0.05) is 18.0 Å². The van der Waals surface area contributed by atoms with Crippen molar-refractivity contribution in [1.29, 1.82) is 0 Å². The first-order valence-electron chi connectivity index (χ1n) is 6.60. The minimum absolute atomic E-state index is 0.0530. The van der Waals surface area contributed by atoms with E-state index < -0.39 is 0 Å². The molecule has 0 radical (unpaired) electrons. The normalized spacial score (nSPS) is 14.2. The van der Waals surface area contributed by atoms with Crippen LogP contribution in [0.1, 0.15) is 33.5 Å². The quantitative estimate of drug-likeness (QED) is 0.766. The fraction of sp³-hybridized carbons (Fsp3) is 0.917. The van der Waals surface area contributed by atoms with Crippen molar-refractivity contribution >= 4 is 0 Å². The molecule has 6 nitrogen and oxygen atoms in total. The summed E-state index contributed by atoms with van der Waals surface area (Å²) in [6.07, 6.45) is 0.786. The summed E-state index contributed by atoms with van der Waals surface area (Å²) in [5, 5.41) is 15.6. The molecule has 0 aromatic carbocycles. The zero-order valence-corrected chi connectivity index (χ0v) is 12.4. The summed E-state index contributed by atoms with van der Waals surface area (Å²) in [5.41, 5.74) is 0.0530. The summed E-state index contributed by atoms with van der Waals surface area (Å²) in [6.45, 7) is 11.0. The molecular weight excluding hydrogens is 228 g/mol. The molecule has 1 N–H and O–H groups in total. The van der Waals surface area contributed by atoms with Crippen LogP contribution in [-0.2, 0) is 13.5 Å². The molecule has 1 aromatic heterocycles. The van der Waals surface area contributed by atoms with Crippen LogP contribution in [0.4, 0.5) is 0 Å². The molecule has 1 heterocycles. The molecule has 0 spiro atoms. The summed E-state index contributed by atoms with van der Waals surface area (Å²) in [6, 6.07) is 0.293. The second kappa shape index (κ2) is 6.24. The highest BCUT2D eigenvalue weighted by atomic mass is 15.6. The molecule has 0 saturated heterocycles. The molecule has 104 valence electrons. The summed E-state index contributed by atoms with van der Waals surface area (Å²) in [4.78, 5) is 3.96. The second-order valence-corrected chi connectivity index (χ2v) is 5.07. The molecule has 0 aliphatic heterocycles. The number of hydrogen-bond donors (Lipinski definition) is 1. The first-order valence-corrected chi connectivity index (χ1v) is 6.60. The average Bonchev–Trinajstić information content (AvgIpc) is 2.72. The molecule has 18 heavy (non-hydrogen) atoms. The van der Waals surface area contributed by atoms with Crippen molar-refractivity contribution < 1.29 is 0 Å². The molecule has 0 saturated carbocycles. The SMILES string of the molecule is CCN(CC)C(C)(C)C(Cc1nnn(C)n1)NC. The predicted octanol–water partition coefficient (Wildman–Crippen LogP) is 0.461. The monoisotopic (exact) mass is 254 g/mol. The van der Waals surface area contributed by atoms with E-state index in [1.165, 1.54) is 4.80 Å². The van der Waals surface area contributed by atoms with E-state index in [1.807, 2.05) is 7.05 Å². The third-order valence-electron chi connectivity index (χ3n) is 3.72. The lowest BCUT2D eigenvalue weighted by Crippen LogP contribution is -2.57. The first kappa shape index (κ1) is 15.0. The molecule has 1 unspecified atom stereocenters. The molecule has 0 bridgehead atoms. The van der Waals surface area contributed by atoms with Gasteiger partial charge in [-0.25, -0.2) is 0 Å². The summed E-state index contributed by atoms with van der Waals surface area (Å²) in [5.74, 6) is 0.789. The lowest BCUT2D eigenvalue weighted by atomic mass is 9.89. The summed E-state index contributed by atoms with van der Waals surface area (Å²) in [7, 11) is 3.78. The fourth-order valence-corrected chi connectivity index (χ4v) is 2.55. The fourth-order valence-electron chi connectivity index (χ4n) is 2.55. The maximum atomic E-state index is 4.26. The zero-order valence-electron chi connectivity index (χ0n) is 12.4. The number of likely N-dealkylation sites (N-methyl/N-ethyl adjacent to an activating group) is 2. The standard InChI is InChI=1S/C12H26N6/c1-7-18(8-2)12(3,4)10(13-5)9-11-14-16-17(6)15-11/h10,13H,7-9H2,1-6H3. The molecule has 0 aliphatic rings. The Morgan fingerprint density at radius 2 is 1.94 bits per heavy atom. The molecule has 6 heteroatoms. The second-order valence-electron chi connectivity index (χ2n) is 5.07. The highest BCUT2D eigenvalue weighted by Gasteiger charge is 2.33. The van der Waals surface area contributed by atoms with E-state index in [4.69, 9.17) is 0 Å². The highest BCUT2D eigenvalue weighted by molar-refractivity contribution is 4.98.